The average Bonchev–Trinajstić information content (AvgIpc) is 2.81. The zero-order valence-electron chi connectivity index (χ0n) is 9.07. The molecule has 1 amide bonds. The van der Waals surface area contributed by atoms with Crippen molar-refractivity contribution in [3.63, 3.8) is 0 Å². The van der Waals surface area contributed by atoms with E-state index in [1.807, 2.05) is 17.9 Å². The Labute approximate surface area is 89.7 Å². The lowest BCUT2D eigenvalue weighted by molar-refractivity contribution is -0.134. The van der Waals surface area contributed by atoms with Gasteiger partial charge in [-0.05, 0) is 25.3 Å². The average molecular weight is 207 g/mol. The van der Waals surface area contributed by atoms with Crippen molar-refractivity contribution in [2.24, 2.45) is 0 Å². The van der Waals surface area contributed by atoms with Crippen LogP contribution in [0.1, 0.15) is 44.3 Å². The van der Waals surface area contributed by atoms with Gasteiger partial charge in [0.25, 0.3) is 0 Å². The predicted octanol–water partition coefficient (Wildman–Crippen LogP) is 1.87. The van der Waals surface area contributed by atoms with Crippen LogP contribution in [-0.4, -0.2) is 27.5 Å². The number of likely N-dealkylation sites (tertiary alicyclic amines) is 1. The molecule has 0 radical (unpaired) electrons. The molecule has 4 heteroatoms. The highest BCUT2D eigenvalue weighted by Crippen LogP contribution is 2.29. The molecular formula is C11H17N3O. The smallest absolute Gasteiger partial charge is 0.222 e. The summed E-state index contributed by atoms with van der Waals surface area (Å²) in [5.74, 6) is 0.245. The number of hydrogen-bond donors (Lipinski definition) is 1. The first kappa shape index (κ1) is 10.2. The van der Waals surface area contributed by atoms with Crippen LogP contribution in [0.25, 0.3) is 0 Å². The molecule has 15 heavy (non-hydrogen) atoms. The third-order valence-electron chi connectivity index (χ3n) is 3.01. The molecule has 1 aliphatic heterocycles. The second-order valence-corrected chi connectivity index (χ2v) is 3.96. The lowest BCUT2D eigenvalue weighted by Gasteiger charge is -2.34. The third-order valence-corrected chi connectivity index (χ3v) is 3.01. The maximum absolute atomic E-state index is 11.8. The van der Waals surface area contributed by atoms with Crippen LogP contribution < -0.4 is 0 Å². The molecule has 0 aliphatic carbocycles. The van der Waals surface area contributed by atoms with Crippen molar-refractivity contribution in [3.05, 3.63) is 18.0 Å². The maximum atomic E-state index is 11.8. The van der Waals surface area contributed by atoms with Gasteiger partial charge in [0, 0.05) is 19.2 Å². The van der Waals surface area contributed by atoms with Gasteiger partial charge >= 0.3 is 0 Å². The van der Waals surface area contributed by atoms with Gasteiger partial charge in [-0.15, -0.1) is 0 Å². The Balaban J connectivity index is 2.16. The molecule has 2 rings (SSSR count). The molecule has 1 fully saturated rings. The zero-order valence-corrected chi connectivity index (χ0v) is 9.07. The van der Waals surface area contributed by atoms with E-state index in [9.17, 15) is 4.79 Å². The Bertz CT molecular complexity index is 321. The van der Waals surface area contributed by atoms with Gasteiger partial charge in [0.1, 0.15) is 0 Å². The van der Waals surface area contributed by atoms with E-state index >= 15 is 0 Å². The highest BCUT2D eigenvalue weighted by Gasteiger charge is 2.27. The molecule has 2 heterocycles. The Hall–Kier alpha value is -1.32. The van der Waals surface area contributed by atoms with Crippen molar-refractivity contribution in [3.8, 4) is 0 Å². The molecule has 0 bridgehead atoms. The molecular weight excluding hydrogens is 190 g/mol. The Morgan fingerprint density at radius 3 is 3.20 bits per heavy atom. The number of nitrogens with zero attached hydrogens (tertiary/aromatic N) is 2. The number of carbonyl (C=O) groups excluding carboxylic acids is 1. The van der Waals surface area contributed by atoms with Gasteiger partial charge in [-0.2, -0.15) is 5.10 Å². The quantitative estimate of drug-likeness (QED) is 0.804. The molecule has 0 aromatic carbocycles. The van der Waals surface area contributed by atoms with Crippen LogP contribution in [0.3, 0.4) is 0 Å². The first-order valence-corrected chi connectivity index (χ1v) is 5.61. The van der Waals surface area contributed by atoms with Crippen molar-refractivity contribution < 1.29 is 4.79 Å². The van der Waals surface area contributed by atoms with Crippen molar-refractivity contribution in [1.82, 2.24) is 15.1 Å². The second-order valence-electron chi connectivity index (χ2n) is 3.96. The predicted molar refractivity (Wildman–Crippen MR) is 57.2 cm³/mol. The van der Waals surface area contributed by atoms with Gasteiger partial charge in [0.15, 0.2) is 0 Å². The van der Waals surface area contributed by atoms with Crippen molar-refractivity contribution in [2.45, 2.75) is 38.6 Å². The lowest BCUT2D eigenvalue weighted by Crippen LogP contribution is -2.38. The number of amides is 1. The van der Waals surface area contributed by atoms with Gasteiger partial charge in [-0.25, -0.2) is 0 Å². The molecule has 82 valence electrons. The van der Waals surface area contributed by atoms with Crippen LogP contribution in [0, 0.1) is 0 Å². The summed E-state index contributed by atoms with van der Waals surface area (Å²) in [6.07, 6.45) is 5.70. The molecule has 1 saturated heterocycles. The minimum absolute atomic E-state index is 0.216. The molecule has 0 spiro atoms. The van der Waals surface area contributed by atoms with Gasteiger partial charge < -0.3 is 4.90 Å². The molecule has 4 nitrogen and oxygen atoms in total. The standard InChI is InChI=1S/C11H17N3O/c1-2-11(15)14-8-4-3-5-10(14)9-6-7-12-13-9/h6-7,10H,2-5,8H2,1H3,(H,12,13). The monoisotopic (exact) mass is 207 g/mol. The van der Waals surface area contributed by atoms with Crippen LogP contribution in [0.4, 0.5) is 0 Å². The summed E-state index contributed by atoms with van der Waals surface area (Å²) in [5, 5.41) is 6.93. The maximum Gasteiger partial charge on any atom is 0.222 e. The summed E-state index contributed by atoms with van der Waals surface area (Å²) in [4.78, 5) is 13.7. The SMILES string of the molecule is CCC(=O)N1CCCCC1c1ccn[nH]1. The van der Waals surface area contributed by atoms with E-state index in [-0.39, 0.29) is 11.9 Å². The Kier molecular flexibility index (Phi) is 3.04. The van der Waals surface area contributed by atoms with E-state index in [2.05, 4.69) is 10.2 Å². The fourth-order valence-corrected chi connectivity index (χ4v) is 2.21. The van der Waals surface area contributed by atoms with E-state index < -0.39 is 0 Å². The number of aromatic nitrogens is 2. The normalized spacial score (nSPS) is 21.7. The van der Waals surface area contributed by atoms with E-state index in [0.29, 0.717) is 6.42 Å². The number of piperidine rings is 1. The molecule has 1 aromatic rings. The summed E-state index contributed by atoms with van der Waals surface area (Å²) in [7, 11) is 0. The van der Waals surface area contributed by atoms with E-state index in [4.69, 9.17) is 0 Å². The number of hydrogen-bond acceptors (Lipinski definition) is 2. The molecule has 1 aromatic heterocycles. The summed E-state index contributed by atoms with van der Waals surface area (Å²) in [5.41, 5.74) is 1.07. The number of rotatable bonds is 2. The largest absolute Gasteiger partial charge is 0.334 e. The van der Waals surface area contributed by atoms with E-state index in [1.165, 1.54) is 6.42 Å². The topological polar surface area (TPSA) is 49.0 Å². The van der Waals surface area contributed by atoms with E-state index in [0.717, 1.165) is 25.1 Å². The summed E-state index contributed by atoms with van der Waals surface area (Å²) in [6, 6.07) is 2.18. The van der Waals surface area contributed by atoms with Crippen molar-refractivity contribution in [2.75, 3.05) is 6.54 Å². The second kappa shape index (κ2) is 4.47. The fraction of sp³-hybridized carbons (Fsp3) is 0.636. The number of nitrogens with one attached hydrogen (secondary N) is 1. The molecule has 1 aliphatic rings. The highest BCUT2D eigenvalue weighted by molar-refractivity contribution is 5.76. The lowest BCUT2D eigenvalue weighted by atomic mass is 9.99. The molecule has 1 unspecified atom stereocenters. The zero-order chi connectivity index (χ0) is 10.7. The van der Waals surface area contributed by atoms with Gasteiger partial charge in [-0.3, -0.25) is 9.89 Å². The van der Waals surface area contributed by atoms with Crippen LogP contribution in [0.2, 0.25) is 0 Å². The number of H-pyrrole nitrogens is 1. The first-order valence-electron chi connectivity index (χ1n) is 5.61. The Morgan fingerprint density at radius 2 is 2.53 bits per heavy atom. The third kappa shape index (κ3) is 2.03. The van der Waals surface area contributed by atoms with Crippen LogP contribution in [0.15, 0.2) is 12.3 Å². The van der Waals surface area contributed by atoms with Gasteiger partial charge in [-0.1, -0.05) is 6.92 Å². The summed E-state index contributed by atoms with van der Waals surface area (Å²) in [6.45, 7) is 2.80. The molecule has 1 atom stereocenters. The van der Waals surface area contributed by atoms with Crippen molar-refractivity contribution in [1.29, 1.82) is 0 Å². The summed E-state index contributed by atoms with van der Waals surface area (Å²) < 4.78 is 0. The molecule has 1 N–H and O–H groups in total. The minimum Gasteiger partial charge on any atom is -0.334 e. The van der Waals surface area contributed by atoms with Crippen molar-refractivity contribution >= 4 is 5.91 Å². The summed E-state index contributed by atoms with van der Waals surface area (Å²) >= 11 is 0. The first-order chi connectivity index (χ1) is 7.33. The van der Waals surface area contributed by atoms with Gasteiger partial charge in [0.05, 0.1) is 11.7 Å². The molecule has 0 saturated carbocycles. The van der Waals surface area contributed by atoms with Crippen LogP contribution in [-0.2, 0) is 4.79 Å². The number of carbonyl (C=O) groups is 1. The Morgan fingerprint density at radius 1 is 1.67 bits per heavy atom. The number of aromatic amines is 1. The highest BCUT2D eigenvalue weighted by atomic mass is 16.2. The van der Waals surface area contributed by atoms with Gasteiger partial charge in [0.2, 0.25) is 5.91 Å². The minimum atomic E-state index is 0.216. The van der Waals surface area contributed by atoms with E-state index in [1.54, 1.807) is 6.20 Å². The van der Waals surface area contributed by atoms with Crippen LogP contribution >= 0.6 is 0 Å². The fourth-order valence-electron chi connectivity index (χ4n) is 2.21. The van der Waals surface area contributed by atoms with Crippen LogP contribution in [0.5, 0.6) is 0 Å².